The molecule has 0 aliphatic carbocycles. The van der Waals surface area contributed by atoms with Gasteiger partial charge in [0.1, 0.15) is 29.7 Å². The highest BCUT2D eigenvalue weighted by Crippen LogP contribution is 2.22. The normalized spacial score (nSPS) is 11.0. The van der Waals surface area contributed by atoms with E-state index in [1.54, 1.807) is 7.11 Å². The number of para-hydroxylation sites is 2. The van der Waals surface area contributed by atoms with Crippen molar-refractivity contribution in [1.82, 2.24) is 9.55 Å². The van der Waals surface area contributed by atoms with Gasteiger partial charge in [-0.3, -0.25) is 0 Å². The van der Waals surface area contributed by atoms with Gasteiger partial charge in [-0.25, -0.2) is 4.98 Å². The Morgan fingerprint density at radius 3 is 2.38 bits per heavy atom. The lowest BCUT2D eigenvalue weighted by Gasteiger charge is -2.12. The van der Waals surface area contributed by atoms with E-state index in [4.69, 9.17) is 19.2 Å². The number of aryl methyl sites for hydroxylation is 3. The number of hydrogen-bond donors (Lipinski definition) is 0. The molecule has 1 heterocycles. The highest BCUT2D eigenvalue weighted by Gasteiger charge is 2.11. The van der Waals surface area contributed by atoms with E-state index in [1.807, 2.05) is 36.4 Å². The summed E-state index contributed by atoms with van der Waals surface area (Å²) in [5, 5.41) is 0. The summed E-state index contributed by atoms with van der Waals surface area (Å²) in [4.78, 5) is 4.81. The molecular formula is C27H30N2O3. The molecule has 3 aromatic carbocycles. The largest absolute Gasteiger partial charge is 0.497 e. The average molecular weight is 431 g/mol. The van der Waals surface area contributed by atoms with Crippen LogP contribution in [0.2, 0.25) is 0 Å². The summed E-state index contributed by atoms with van der Waals surface area (Å²) in [5.41, 5.74) is 4.58. The lowest BCUT2D eigenvalue weighted by molar-refractivity contribution is 0.283. The predicted molar refractivity (Wildman–Crippen MR) is 128 cm³/mol. The van der Waals surface area contributed by atoms with Crippen molar-refractivity contribution in [2.45, 2.75) is 39.8 Å². The summed E-state index contributed by atoms with van der Waals surface area (Å²) >= 11 is 0. The van der Waals surface area contributed by atoms with Crippen molar-refractivity contribution in [2.75, 3.05) is 13.7 Å². The number of hydrogen-bond acceptors (Lipinski definition) is 4. The van der Waals surface area contributed by atoms with Crippen LogP contribution in [0.3, 0.4) is 0 Å². The topological polar surface area (TPSA) is 45.5 Å². The van der Waals surface area contributed by atoms with E-state index in [0.29, 0.717) is 13.2 Å². The minimum absolute atomic E-state index is 0.404. The minimum Gasteiger partial charge on any atom is -0.497 e. The fourth-order valence-corrected chi connectivity index (χ4v) is 3.90. The van der Waals surface area contributed by atoms with Gasteiger partial charge in [0.25, 0.3) is 0 Å². The van der Waals surface area contributed by atoms with E-state index in [1.165, 1.54) is 11.1 Å². The van der Waals surface area contributed by atoms with Crippen molar-refractivity contribution in [3.63, 3.8) is 0 Å². The van der Waals surface area contributed by atoms with E-state index in [2.05, 4.69) is 48.7 Å². The van der Waals surface area contributed by atoms with Gasteiger partial charge in [0, 0.05) is 12.6 Å². The Balaban J connectivity index is 1.38. The monoisotopic (exact) mass is 430 g/mol. The van der Waals surface area contributed by atoms with Gasteiger partial charge >= 0.3 is 0 Å². The highest BCUT2D eigenvalue weighted by molar-refractivity contribution is 5.75. The molecular weight excluding hydrogens is 400 g/mol. The second kappa shape index (κ2) is 10.2. The van der Waals surface area contributed by atoms with Gasteiger partial charge in [0.15, 0.2) is 0 Å². The summed E-state index contributed by atoms with van der Waals surface area (Å²) in [5.74, 6) is 3.41. The number of nitrogens with zero attached hydrogens (tertiary/aromatic N) is 2. The van der Waals surface area contributed by atoms with E-state index in [0.717, 1.165) is 53.5 Å². The number of imidazole rings is 1. The highest BCUT2D eigenvalue weighted by atomic mass is 16.5. The number of unbranched alkanes of at least 4 members (excludes halogenated alkanes) is 1. The predicted octanol–water partition coefficient (Wildman–Crippen LogP) is 6.10. The zero-order valence-corrected chi connectivity index (χ0v) is 19.0. The van der Waals surface area contributed by atoms with Gasteiger partial charge in [-0.15, -0.1) is 0 Å². The van der Waals surface area contributed by atoms with Crippen LogP contribution in [-0.4, -0.2) is 23.3 Å². The van der Waals surface area contributed by atoms with Crippen LogP contribution in [0.5, 0.6) is 17.2 Å². The Labute approximate surface area is 189 Å². The molecule has 0 bridgehead atoms. The summed E-state index contributed by atoms with van der Waals surface area (Å²) in [6.07, 6.45) is 1.97. The van der Waals surface area contributed by atoms with Crippen molar-refractivity contribution in [1.29, 1.82) is 0 Å². The van der Waals surface area contributed by atoms with Crippen LogP contribution < -0.4 is 14.2 Å². The molecule has 0 N–H and O–H groups in total. The third kappa shape index (κ3) is 5.41. The maximum Gasteiger partial charge on any atom is 0.147 e. The molecule has 0 unspecified atom stereocenters. The first-order chi connectivity index (χ1) is 15.6. The van der Waals surface area contributed by atoms with Crippen LogP contribution in [0.1, 0.15) is 29.8 Å². The lowest BCUT2D eigenvalue weighted by atomic mass is 10.1. The van der Waals surface area contributed by atoms with Crippen LogP contribution in [0.25, 0.3) is 11.0 Å². The fraction of sp³-hybridized carbons (Fsp3) is 0.296. The number of fused-ring (bicyclic) bond motifs is 1. The first kappa shape index (κ1) is 21.8. The maximum absolute atomic E-state index is 6.02. The van der Waals surface area contributed by atoms with Gasteiger partial charge in [0.2, 0.25) is 0 Å². The number of rotatable bonds is 10. The van der Waals surface area contributed by atoms with E-state index >= 15 is 0 Å². The molecule has 32 heavy (non-hydrogen) atoms. The molecule has 0 spiro atoms. The van der Waals surface area contributed by atoms with Gasteiger partial charge in [-0.2, -0.15) is 0 Å². The minimum atomic E-state index is 0.404. The van der Waals surface area contributed by atoms with Gasteiger partial charge in [0.05, 0.1) is 24.8 Å². The Bertz CT molecular complexity index is 1160. The summed E-state index contributed by atoms with van der Waals surface area (Å²) < 4.78 is 19.5. The standard InChI is InChI=1S/C27H30N2O3/c1-20-15-21(2)17-24(16-20)31-14-7-6-13-29-26-12-5-4-11-25(26)28-27(29)19-32-23-10-8-9-22(18-23)30-3/h4-5,8-12,15-18H,6-7,13-14,19H2,1-3H3. The van der Waals surface area contributed by atoms with Crippen molar-refractivity contribution >= 4 is 11.0 Å². The summed E-state index contributed by atoms with van der Waals surface area (Å²) in [7, 11) is 1.66. The molecule has 0 aliphatic heterocycles. The number of ether oxygens (including phenoxy) is 3. The second-order valence-corrected chi connectivity index (χ2v) is 8.02. The van der Waals surface area contributed by atoms with Crippen molar-refractivity contribution in [2.24, 2.45) is 0 Å². The van der Waals surface area contributed by atoms with Gasteiger partial charge in [-0.05, 0) is 74.2 Å². The molecule has 0 saturated carbocycles. The van der Waals surface area contributed by atoms with E-state index < -0.39 is 0 Å². The molecule has 0 saturated heterocycles. The van der Waals surface area contributed by atoms with Gasteiger partial charge < -0.3 is 18.8 Å². The molecule has 0 amide bonds. The molecule has 4 aromatic rings. The van der Waals surface area contributed by atoms with Crippen LogP contribution >= 0.6 is 0 Å². The van der Waals surface area contributed by atoms with Crippen molar-refractivity contribution in [3.05, 3.63) is 83.7 Å². The lowest BCUT2D eigenvalue weighted by Crippen LogP contribution is -2.09. The Hall–Kier alpha value is -3.47. The molecule has 5 nitrogen and oxygen atoms in total. The Kier molecular flexibility index (Phi) is 6.95. The molecule has 1 aromatic heterocycles. The summed E-state index contributed by atoms with van der Waals surface area (Å²) in [6.45, 7) is 6.16. The quantitative estimate of drug-likeness (QED) is 0.285. The molecule has 4 rings (SSSR count). The zero-order chi connectivity index (χ0) is 22.3. The first-order valence-corrected chi connectivity index (χ1v) is 11.0. The first-order valence-electron chi connectivity index (χ1n) is 11.0. The van der Waals surface area contributed by atoms with Crippen LogP contribution in [-0.2, 0) is 13.2 Å². The fourth-order valence-electron chi connectivity index (χ4n) is 3.90. The molecule has 166 valence electrons. The molecule has 0 aliphatic rings. The number of methoxy groups -OCH3 is 1. The van der Waals surface area contributed by atoms with Crippen LogP contribution in [0.15, 0.2) is 66.7 Å². The molecule has 0 fully saturated rings. The maximum atomic E-state index is 6.02. The van der Waals surface area contributed by atoms with Crippen molar-refractivity contribution < 1.29 is 14.2 Å². The van der Waals surface area contributed by atoms with E-state index in [9.17, 15) is 0 Å². The second-order valence-electron chi connectivity index (χ2n) is 8.02. The van der Waals surface area contributed by atoms with Gasteiger partial charge in [-0.1, -0.05) is 24.3 Å². The molecule has 5 heteroatoms. The number of aromatic nitrogens is 2. The summed E-state index contributed by atoms with van der Waals surface area (Å²) in [6, 6.07) is 22.2. The SMILES string of the molecule is COc1cccc(OCc2nc3ccccc3n2CCCCOc2cc(C)cc(C)c2)c1. The Morgan fingerprint density at radius 1 is 0.781 bits per heavy atom. The third-order valence-electron chi connectivity index (χ3n) is 5.38. The molecule has 0 radical (unpaired) electrons. The smallest absolute Gasteiger partial charge is 0.147 e. The number of benzene rings is 3. The Morgan fingerprint density at radius 2 is 1.56 bits per heavy atom. The third-order valence-corrected chi connectivity index (χ3v) is 5.38. The zero-order valence-electron chi connectivity index (χ0n) is 19.0. The average Bonchev–Trinajstić information content (AvgIpc) is 3.14. The molecule has 0 atom stereocenters. The van der Waals surface area contributed by atoms with Crippen LogP contribution in [0, 0.1) is 13.8 Å². The van der Waals surface area contributed by atoms with E-state index in [-0.39, 0.29) is 0 Å². The van der Waals surface area contributed by atoms with Crippen LogP contribution in [0.4, 0.5) is 0 Å². The van der Waals surface area contributed by atoms with Crippen molar-refractivity contribution in [3.8, 4) is 17.2 Å².